The van der Waals surface area contributed by atoms with Crippen LogP contribution in [0.5, 0.6) is 0 Å². The molecular formula is C24H24FN3O3. The third-order valence-electron chi connectivity index (χ3n) is 6.12. The van der Waals surface area contributed by atoms with Gasteiger partial charge in [-0.15, -0.1) is 0 Å². The van der Waals surface area contributed by atoms with Crippen molar-refractivity contribution in [3.8, 4) is 11.4 Å². The van der Waals surface area contributed by atoms with E-state index in [1.165, 1.54) is 11.6 Å². The minimum Gasteiger partial charge on any atom is -0.363 e. The molecule has 0 radical (unpaired) electrons. The van der Waals surface area contributed by atoms with Gasteiger partial charge in [-0.05, 0) is 42.0 Å². The molecule has 160 valence electrons. The van der Waals surface area contributed by atoms with E-state index in [2.05, 4.69) is 16.2 Å². The van der Waals surface area contributed by atoms with E-state index in [1.54, 1.807) is 18.2 Å². The van der Waals surface area contributed by atoms with Crippen molar-refractivity contribution in [2.45, 2.75) is 38.4 Å². The fraction of sp³-hybridized carbons (Fsp3) is 0.375. The number of ether oxygens (including phenoxy) is 1. The zero-order valence-electron chi connectivity index (χ0n) is 17.2. The van der Waals surface area contributed by atoms with Crippen LogP contribution in [-0.4, -0.2) is 40.1 Å². The maximum Gasteiger partial charge on any atom is 0.252 e. The maximum atomic E-state index is 14.0. The van der Waals surface area contributed by atoms with Crippen molar-refractivity contribution in [2.24, 2.45) is 5.92 Å². The average molecular weight is 421 g/mol. The van der Waals surface area contributed by atoms with E-state index in [1.807, 2.05) is 23.1 Å². The number of piperidine rings is 1. The molecule has 0 saturated carbocycles. The number of aromatic nitrogens is 2. The topological polar surface area (TPSA) is 68.5 Å². The summed E-state index contributed by atoms with van der Waals surface area (Å²) in [5, 5.41) is 3.94. The molecule has 5 rings (SSSR count). The Kier molecular flexibility index (Phi) is 5.51. The van der Waals surface area contributed by atoms with Crippen LogP contribution in [0.3, 0.4) is 0 Å². The van der Waals surface area contributed by atoms with Crippen molar-refractivity contribution in [1.82, 2.24) is 15.0 Å². The van der Waals surface area contributed by atoms with E-state index in [0.29, 0.717) is 37.4 Å². The number of likely N-dealkylation sites (tertiary alicyclic amines) is 1. The largest absolute Gasteiger partial charge is 0.363 e. The Hall–Kier alpha value is -3.06. The Morgan fingerprint density at radius 3 is 2.81 bits per heavy atom. The van der Waals surface area contributed by atoms with E-state index in [4.69, 9.17) is 9.26 Å². The summed E-state index contributed by atoms with van der Waals surface area (Å²) in [5.41, 5.74) is 2.67. The second-order valence-corrected chi connectivity index (χ2v) is 8.26. The van der Waals surface area contributed by atoms with Crippen LogP contribution in [0.25, 0.3) is 11.4 Å². The number of amides is 1. The first-order valence-electron chi connectivity index (χ1n) is 10.7. The van der Waals surface area contributed by atoms with Crippen LogP contribution in [0.4, 0.5) is 4.39 Å². The van der Waals surface area contributed by atoms with E-state index >= 15 is 0 Å². The van der Waals surface area contributed by atoms with Gasteiger partial charge in [0.1, 0.15) is 11.9 Å². The maximum absolute atomic E-state index is 14.0. The van der Waals surface area contributed by atoms with Crippen LogP contribution in [0.15, 0.2) is 53.1 Å². The third-order valence-corrected chi connectivity index (χ3v) is 6.12. The fourth-order valence-corrected chi connectivity index (χ4v) is 4.48. The lowest BCUT2D eigenvalue weighted by molar-refractivity contribution is -0.147. The van der Waals surface area contributed by atoms with Crippen molar-refractivity contribution in [3.63, 3.8) is 0 Å². The summed E-state index contributed by atoms with van der Waals surface area (Å²) in [6.45, 7) is 1.85. The van der Waals surface area contributed by atoms with Crippen LogP contribution in [0.1, 0.15) is 29.9 Å². The highest BCUT2D eigenvalue weighted by Gasteiger charge is 2.32. The molecule has 1 fully saturated rings. The molecule has 0 bridgehead atoms. The Labute approximate surface area is 180 Å². The van der Waals surface area contributed by atoms with Crippen molar-refractivity contribution in [2.75, 3.05) is 13.1 Å². The van der Waals surface area contributed by atoms with E-state index in [0.717, 1.165) is 24.9 Å². The Morgan fingerprint density at radius 1 is 1.13 bits per heavy atom. The van der Waals surface area contributed by atoms with Crippen LogP contribution in [0.2, 0.25) is 0 Å². The molecular weight excluding hydrogens is 397 g/mol. The normalized spacial score (nSPS) is 21.0. The number of nitrogens with zero attached hydrogens (tertiary/aromatic N) is 3. The van der Waals surface area contributed by atoms with Gasteiger partial charge in [-0.3, -0.25) is 4.79 Å². The predicted octanol–water partition coefficient (Wildman–Crippen LogP) is 3.80. The number of halogens is 1. The van der Waals surface area contributed by atoms with Gasteiger partial charge in [-0.2, -0.15) is 4.98 Å². The molecule has 2 atom stereocenters. The van der Waals surface area contributed by atoms with Gasteiger partial charge in [0.05, 0.1) is 12.2 Å². The molecule has 31 heavy (non-hydrogen) atoms. The third kappa shape index (κ3) is 4.23. The van der Waals surface area contributed by atoms with Gasteiger partial charge in [-0.25, -0.2) is 4.39 Å². The molecule has 2 aromatic carbocycles. The summed E-state index contributed by atoms with van der Waals surface area (Å²) in [5.74, 6) is 0.629. The van der Waals surface area contributed by atoms with Crippen LogP contribution in [0, 0.1) is 11.7 Å². The van der Waals surface area contributed by atoms with Crippen LogP contribution in [-0.2, 0) is 29.0 Å². The molecule has 1 aromatic heterocycles. The first-order chi connectivity index (χ1) is 15.2. The Balaban J connectivity index is 1.22. The van der Waals surface area contributed by atoms with Gasteiger partial charge >= 0.3 is 0 Å². The number of fused-ring (bicyclic) bond motifs is 1. The van der Waals surface area contributed by atoms with Crippen LogP contribution >= 0.6 is 0 Å². The summed E-state index contributed by atoms with van der Waals surface area (Å²) in [7, 11) is 0. The number of hydrogen-bond donors (Lipinski definition) is 0. The SMILES string of the molecule is O=C(C1Cc2ccccc2CO1)N1CCCC(Cc2nc(-c3ccccc3F)no2)C1. The smallest absolute Gasteiger partial charge is 0.252 e. The molecule has 0 aliphatic carbocycles. The van der Waals surface area contributed by atoms with Gasteiger partial charge in [0, 0.05) is 25.9 Å². The predicted molar refractivity (Wildman–Crippen MR) is 111 cm³/mol. The standard InChI is InChI=1S/C24H24FN3O3/c25-20-10-4-3-9-19(20)23-26-22(31-27-23)12-16-6-5-11-28(14-16)24(29)21-13-17-7-1-2-8-18(17)15-30-21/h1-4,7-10,16,21H,5-6,11-15H2. The molecule has 2 aliphatic rings. The highest BCUT2D eigenvalue weighted by molar-refractivity contribution is 5.81. The lowest BCUT2D eigenvalue weighted by Crippen LogP contribution is -2.47. The number of carbonyl (C=O) groups is 1. The van der Waals surface area contributed by atoms with Gasteiger partial charge < -0.3 is 14.2 Å². The molecule has 7 heteroatoms. The lowest BCUT2D eigenvalue weighted by Gasteiger charge is -2.35. The number of benzene rings is 2. The quantitative estimate of drug-likeness (QED) is 0.641. The highest BCUT2D eigenvalue weighted by atomic mass is 19.1. The molecule has 0 N–H and O–H groups in total. The first-order valence-corrected chi connectivity index (χ1v) is 10.7. The van der Waals surface area contributed by atoms with Gasteiger partial charge in [0.25, 0.3) is 5.91 Å². The molecule has 1 saturated heterocycles. The molecule has 2 unspecified atom stereocenters. The van der Waals surface area contributed by atoms with Gasteiger partial charge in [-0.1, -0.05) is 41.6 Å². The minimum atomic E-state index is -0.426. The highest BCUT2D eigenvalue weighted by Crippen LogP contribution is 2.26. The summed E-state index contributed by atoms with van der Waals surface area (Å²) in [6.07, 6.45) is 2.67. The lowest BCUT2D eigenvalue weighted by atomic mass is 9.93. The second kappa shape index (κ2) is 8.59. The molecule has 3 heterocycles. The zero-order valence-corrected chi connectivity index (χ0v) is 17.2. The number of rotatable bonds is 4. The number of carbonyl (C=O) groups excluding carboxylic acids is 1. The van der Waals surface area contributed by atoms with Crippen molar-refractivity contribution < 1.29 is 18.4 Å². The average Bonchev–Trinajstić information content (AvgIpc) is 3.27. The van der Waals surface area contributed by atoms with Gasteiger partial charge in [0.15, 0.2) is 0 Å². The zero-order chi connectivity index (χ0) is 21.2. The van der Waals surface area contributed by atoms with E-state index in [9.17, 15) is 9.18 Å². The van der Waals surface area contributed by atoms with E-state index < -0.39 is 6.10 Å². The van der Waals surface area contributed by atoms with Crippen LogP contribution < -0.4 is 0 Å². The van der Waals surface area contributed by atoms with E-state index in [-0.39, 0.29) is 23.5 Å². The summed E-state index contributed by atoms with van der Waals surface area (Å²) >= 11 is 0. The second-order valence-electron chi connectivity index (χ2n) is 8.26. The number of hydrogen-bond acceptors (Lipinski definition) is 5. The van der Waals surface area contributed by atoms with Crippen molar-refractivity contribution >= 4 is 5.91 Å². The molecule has 1 amide bonds. The molecule has 0 spiro atoms. The first kappa shape index (κ1) is 19.9. The summed E-state index contributed by atoms with van der Waals surface area (Å²) < 4.78 is 25.2. The molecule has 6 nitrogen and oxygen atoms in total. The van der Waals surface area contributed by atoms with Crippen molar-refractivity contribution in [1.29, 1.82) is 0 Å². The fourth-order valence-electron chi connectivity index (χ4n) is 4.48. The molecule has 2 aliphatic heterocycles. The molecule has 3 aromatic rings. The summed E-state index contributed by atoms with van der Waals surface area (Å²) in [4.78, 5) is 19.4. The Morgan fingerprint density at radius 2 is 1.94 bits per heavy atom. The van der Waals surface area contributed by atoms with Crippen molar-refractivity contribution in [3.05, 3.63) is 71.4 Å². The monoisotopic (exact) mass is 421 g/mol. The minimum absolute atomic E-state index is 0.0526. The van der Waals surface area contributed by atoms with Gasteiger partial charge in [0.2, 0.25) is 11.7 Å². The summed E-state index contributed by atoms with van der Waals surface area (Å²) in [6, 6.07) is 14.5. The Bertz CT molecular complexity index is 1080.